The van der Waals surface area contributed by atoms with Crippen LogP contribution in [0.25, 0.3) is 0 Å². The van der Waals surface area contributed by atoms with E-state index >= 15 is 0 Å². The van der Waals surface area contributed by atoms with E-state index in [0.717, 1.165) is 11.1 Å². The van der Waals surface area contributed by atoms with Gasteiger partial charge in [0.2, 0.25) is 10.0 Å². The third-order valence-corrected chi connectivity index (χ3v) is 6.42. The Hall–Kier alpha value is -2.18. The summed E-state index contributed by atoms with van der Waals surface area (Å²) in [5, 5.41) is 0. The first-order valence-electron chi connectivity index (χ1n) is 7.58. The van der Waals surface area contributed by atoms with Crippen molar-refractivity contribution >= 4 is 16.0 Å². The van der Waals surface area contributed by atoms with Crippen LogP contribution < -0.4 is 0 Å². The number of hydrogen-bond donors (Lipinski definition) is 0. The summed E-state index contributed by atoms with van der Waals surface area (Å²) in [6.07, 6.45) is 0. The highest BCUT2D eigenvalue weighted by Crippen LogP contribution is 2.57. The smallest absolute Gasteiger partial charge is 0.329 e. The number of hydrogen-bond acceptors (Lipinski definition) is 4. The zero-order chi connectivity index (χ0) is 17.5. The van der Waals surface area contributed by atoms with E-state index in [9.17, 15) is 13.2 Å². The maximum Gasteiger partial charge on any atom is 0.329 e. The Morgan fingerprint density at radius 2 is 1.67 bits per heavy atom. The number of methoxy groups -OCH3 is 1. The highest BCUT2D eigenvalue weighted by Gasteiger charge is 2.71. The summed E-state index contributed by atoms with van der Waals surface area (Å²) >= 11 is 0. The van der Waals surface area contributed by atoms with Gasteiger partial charge in [-0.25, -0.2) is 13.2 Å². The average molecular weight is 345 g/mol. The van der Waals surface area contributed by atoms with Gasteiger partial charge in [0.05, 0.1) is 18.0 Å². The van der Waals surface area contributed by atoms with E-state index < -0.39 is 27.6 Å². The Morgan fingerprint density at radius 1 is 1.08 bits per heavy atom. The molecule has 0 aliphatic carbocycles. The minimum atomic E-state index is -3.81. The van der Waals surface area contributed by atoms with Crippen LogP contribution in [0.2, 0.25) is 0 Å². The number of carbonyl (C=O) groups is 1. The fourth-order valence-electron chi connectivity index (χ4n) is 3.08. The SMILES string of the molecule is COC(=O)C1(C)C(c2ccccc2)N1S(=O)(=O)c1ccc(C)cc1. The van der Waals surface area contributed by atoms with Crippen LogP contribution in [0.4, 0.5) is 0 Å². The molecule has 2 aromatic rings. The van der Waals surface area contributed by atoms with Crippen molar-refractivity contribution < 1.29 is 17.9 Å². The number of benzene rings is 2. The summed E-state index contributed by atoms with van der Waals surface area (Å²) in [5.41, 5.74) is 0.496. The lowest BCUT2D eigenvalue weighted by Gasteiger charge is -2.10. The lowest BCUT2D eigenvalue weighted by atomic mass is 10.0. The van der Waals surface area contributed by atoms with Gasteiger partial charge in [-0.15, -0.1) is 0 Å². The van der Waals surface area contributed by atoms with E-state index in [1.165, 1.54) is 11.4 Å². The molecule has 0 bridgehead atoms. The first-order valence-corrected chi connectivity index (χ1v) is 9.02. The van der Waals surface area contributed by atoms with Crippen LogP contribution in [0, 0.1) is 6.92 Å². The Morgan fingerprint density at radius 3 is 2.21 bits per heavy atom. The monoisotopic (exact) mass is 345 g/mol. The van der Waals surface area contributed by atoms with Crippen LogP contribution >= 0.6 is 0 Å². The van der Waals surface area contributed by atoms with Gasteiger partial charge in [-0.2, -0.15) is 4.31 Å². The maximum absolute atomic E-state index is 13.0. The molecule has 5 nitrogen and oxygen atoms in total. The zero-order valence-electron chi connectivity index (χ0n) is 13.8. The summed E-state index contributed by atoms with van der Waals surface area (Å²) < 4.78 is 32.2. The molecule has 1 aliphatic rings. The van der Waals surface area contributed by atoms with E-state index in [4.69, 9.17) is 4.74 Å². The van der Waals surface area contributed by atoms with Crippen LogP contribution in [0.15, 0.2) is 59.5 Å². The summed E-state index contributed by atoms with van der Waals surface area (Å²) in [6, 6.07) is 15.1. The van der Waals surface area contributed by atoms with E-state index in [1.54, 1.807) is 31.2 Å². The van der Waals surface area contributed by atoms with Gasteiger partial charge >= 0.3 is 5.97 Å². The van der Waals surface area contributed by atoms with Gasteiger partial charge in [0.15, 0.2) is 5.54 Å². The van der Waals surface area contributed by atoms with Crippen molar-refractivity contribution in [2.75, 3.05) is 7.11 Å². The minimum absolute atomic E-state index is 0.168. The zero-order valence-corrected chi connectivity index (χ0v) is 14.6. The van der Waals surface area contributed by atoms with Gasteiger partial charge in [-0.3, -0.25) is 0 Å². The largest absolute Gasteiger partial charge is 0.468 e. The fraction of sp³-hybridized carbons (Fsp3) is 0.278. The second kappa shape index (κ2) is 5.72. The molecule has 0 saturated carbocycles. The van der Waals surface area contributed by atoms with Crippen LogP contribution in [0.5, 0.6) is 0 Å². The van der Waals surface area contributed by atoms with E-state index in [0.29, 0.717) is 0 Å². The molecule has 24 heavy (non-hydrogen) atoms. The van der Waals surface area contributed by atoms with Crippen molar-refractivity contribution in [2.45, 2.75) is 30.3 Å². The molecule has 1 fully saturated rings. The summed E-state index contributed by atoms with van der Waals surface area (Å²) in [7, 11) is -2.54. The van der Waals surface area contributed by atoms with Crippen molar-refractivity contribution in [3.8, 4) is 0 Å². The second-order valence-electron chi connectivity index (χ2n) is 6.07. The molecule has 6 heteroatoms. The molecule has 3 atom stereocenters. The maximum atomic E-state index is 13.0. The molecule has 1 saturated heterocycles. The van der Waals surface area contributed by atoms with Crippen molar-refractivity contribution in [1.82, 2.24) is 4.31 Å². The van der Waals surface area contributed by atoms with Crippen molar-refractivity contribution in [3.05, 3.63) is 65.7 Å². The van der Waals surface area contributed by atoms with Gasteiger partial charge in [0.25, 0.3) is 0 Å². The van der Waals surface area contributed by atoms with Crippen LogP contribution in [0.3, 0.4) is 0 Å². The molecule has 126 valence electrons. The van der Waals surface area contributed by atoms with Gasteiger partial charge < -0.3 is 4.74 Å². The average Bonchev–Trinajstić information content (AvgIpc) is 3.23. The fourth-order valence-corrected chi connectivity index (χ4v) is 5.01. The Bertz CT molecular complexity index is 862. The molecule has 2 aromatic carbocycles. The summed E-state index contributed by atoms with van der Waals surface area (Å²) in [4.78, 5) is 12.5. The predicted molar refractivity (Wildman–Crippen MR) is 89.8 cm³/mol. The number of nitrogens with zero attached hydrogens (tertiary/aromatic N) is 1. The number of carbonyl (C=O) groups excluding carboxylic acids is 1. The van der Waals surface area contributed by atoms with Crippen molar-refractivity contribution in [3.63, 3.8) is 0 Å². The van der Waals surface area contributed by atoms with Crippen molar-refractivity contribution in [1.29, 1.82) is 0 Å². The number of ether oxygens (including phenoxy) is 1. The highest BCUT2D eigenvalue weighted by molar-refractivity contribution is 7.89. The number of aryl methyl sites for hydroxylation is 1. The third-order valence-electron chi connectivity index (χ3n) is 4.45. The molecule has 0 N–H and O–H groups in total. The lowest BCUT2D eigenvalue weighted by molar-refractivity contribution is -0.144. The standard InChI is InChI=1S/C18H19NO4S/c1-13-9-11-15(12-10-13)24(21,22)19-16(14-7-5-4-6-8-14)18(19,2)17(20)23-3/h4-12,16H,1-3H3. The number of esters is 1. The van der Waals surface area contributed by atoms with Gasteiger partial charge in [0.1, 0.15) is 0 Å². The summed E-state index contributed by atoms with van der Waals surface area (Å²) in [6.45, 7) is 3.49. The normalized spacial score (nSPS) is 26.0. The Labute approximate surface area is 141 Å². The molecule has 3 rings (SSSR count). The highest BCUT2D eigenvalue weighted by atomic mass is 32.2. The van der Waals surface area contributed by atoms with Gasteiger partial charge in [0, 0.05) is 0 Å². The first-order chi connectivity index (χ1) is 11.3. The number of rotatable bonds is 4. The van der Waals surface area contributed by atoms with Crippen LogP contribution in [-0.2, 0) is 19.6 Å². The topological polar surface area (TPSA) is 63.5 Å². The van der Waals surface area contributed by atoms with E-state index in [1.807, 2.05) is 37.3 Å². The molecule has 0 spiro atoms. The van der Waals surface area contributed by atoms with E-state index in [-0.39, 0.29) is 4.90 Å². The molecular formula is C18H19NO4S. The molecule has 0 aromatic heterocycles. The third kappa shape index (κ3) is 2.42. The first kappa shape index (κ1) is 16.7. The second-order valence-corrected chi connectivity index (χ2v) is 7.88. The van der Waals surface area contributed by atoms with Gasteiger partial charge in [-0.1, -0.05) is 48.0 Å². The lowest BCUT2D eigenvalue weighted by Crippen LogP contribution is -2.30. The van der Waals surface area contributed by atoms with Crippen LogP contribution in [-0.4, -0.2) is 31.3 Å². The van der Waals surface area contributed by atoms with Crippen molar-refractivity contribution in [2.24, 2.45) is 0 Å². The van der Waals surface area contributed by atoms with E-state index in [2.05, 4.69) is 0 Å². The Balaban J connectivity index is 2.07. The molecule has 3 unspecified atom stereocenters. The molecular weight excluding hydrogens is 326 g/mol. The minimum Gasteiger partial charge on any atom is -0.468 e. The number of sulfonamides is 1. The van der Waals surface area contributed by atoms with Crippen LogP contribution in [0.1, 0.15) is 24.1 Å². The molecule has 0 amide bonds. The van der Waals surface area contributed by atoms with Gasteiger partial charge in [-0.05, 0) is 31.5 Å². The molecule has 1 aliphatic heterocycles. The molecule has 1 heterocycles. The summed E-state index contributed by atoms with van der Waals surface area (Å²) in [5.74, 6) is -0.563. The molecule has 0 radical (unpaired) electrons. The Kier molecular flexibility index (Phi) is 3.97. The quantitative estimate of drug-likeness (QED) is 0.631. The predicted octanol–water partition coefficient (Wildman–Crippen LogP) is 2.67.